The fourth-order valence-electron chi connectivity index (χ4n) is 3.77. The first-order chi connectivity index (χ1) is 13.2. The van der Waals surface area contributed by atoms with Crippen LogP contribution in [-0.2, 0) is 15.6 Å². The summed E-state index contributed by atoms with van der Waals surface area (Å²) in [5, 5.41) is 1.17. The van der Waals surface area contributed by atoms with Gasteiger partial charge in [0.25, 0.3) is 0 Å². The van der Waals surface area contributed by atoms with Gasteiger partial charge in [-0.05, 0) is 43.2 Å². The molecule has 0 aromatic heterocycles. The normalized spacial score (nSPS) is 23.0. The zero-order valence-corrected chi connectivity index (χ0v) is 17.9. The summed E-state index contributed by atoms with van der Waals surface area (Å²) in [6.45, 7) is 4.06. The largest absolute Gasteiger partial charge is 0.315 e. The fraction of sp³-hybridized carbons (Fsp3) is 0.350. The van der Waals surface area contributed by atoms with Crippen molar-refractivity contribution in [2.45, 2.75) is 31.7 Å². The van der Waals surface area contributed by atoms with E-state index >= 15 is 0 Å². The maximum Gasteiger partial charge on any atom is 0.164 e. The van der Waals surface area contributed by atoms with Crippen LogP contribution in [0.25, 0.3) is 0 Å². The highest BCUT2D eigenvalue weighted by atomic mass is 35.5. The Morgan fingerprint density at radius 3 is 2.71 bits per heavy atom. The second kappa shape index (κ2) is 7.35. The summed E-state index contributed by atoms with van der Waals surface area (Å²) in [6, 6.07) is 10.1. The lowest BCUT2D eigenvalue weighted by Gasteiger charge is -2.28. The second-order valence-electron chi connectivity index (χ2n) is 7.31. The molecule has 148 valence electrons. The van der Waals surface area contributed by atoms with E-state index in [1.165, 1.54) is 23.9 Å². The van der Waals surface area contributed by atoms with Crippen LogP contribution in [-0.4, -0.2) is 37.2 Å². The molecule has 1 fully saturated rings. The smallest absolute Gasteiger partial charge is 0.164 e. The average Bonchev–Trinajstić information content (AvgIpc) is 3.06. The van der Waals surface area contributed by atoms with Gasteiger partial charge in [-0.1, -0.05) is 47.1 Å². The highest BCUT2D eigenvalue weighted by Crippen LogP contribution is 2.38. The van der Waals surface area contributed by atoms with E-state index < -0.39 is 9.84 Å². The third-order valence-electron chi connectivity index (χ3n) is 5.09. The number of nitrogens with zero attached hydrogens (tertiary/aromatic N) is 2. The lowest BCUT2D eigenvalue weighted by molar-refractivity contribution is 0.601. The minimum Gasteiger partial charge on any atom is -0.315 e. The lowest BCUT2D eigenvalue weighted by atomic mass is 10.1. The molecule has 8 heteroatoms. The van der Waals surface area contributed by atoms with E-state index in [0.717, 1.165) is 27.5 Å². The van der Waals surface area contributed by atoms with Crippen LogP contribution in [0.2, 0.25) is 5.02 Å². The first-order valence-corrected chi connectivity index (χ1v) is 12.1. The average molecular weight is 439 g/mol. The van der Waals surface area contributed by atoms with Crippen molar-refractivity contribution < 1.29 is 12.8 Å². The van der Waals surface area contributed by atoms with Gasteiger partial charge in [0.05, 0.1) is 23.6 Å². The molecule has 2 aromatic carbocycles. The molecule has 0 N–H and O–H groups in total. The van der Waals surface area contributed by atoms with Crippen LogP contribution < -0.4 is 4.90 Å². The molecule has 2 unspecified atom stereocenters. The number of thioether (sulfide) groups is 1. The zero-order chi connectivity index (χ0) is 20.1. The Hall–Kier alpha value is -1.57. The fourth-order valence-corrected chi connectivity index (χ4v) is 7.05. The Balaban J connectivity index is 1.65. The number of hydrogen-bond acceptors (Lipinski definition) is 5. The van der Waals surface area contributed by atoms with Gasteiger partial charge in [0.2, 0.25) is 0 Å². The predicted octanol–water partition coefficient (Wildman–Crippen LogP) is 4.37. The maximum absolute atomic E-state index is 13.3. The number of rotatable bonds is 3. The molecule has 0 aliphatic carbocycles. The van der Waals surface area contributed by atoms with Crippen LogP contribution in [0.15, 0.2) is 41.4 Å². The first-order valence-electron chi connectivity index (χ1n) is 8.95. The summed E-state index contributed by atoms with van der Waals surface area (Å²) < 4.78 is 37.6. The molecule has 2 atom stereocenters. The van der Waals surface area contributed by atoms with E-state index in [1.54, 1.807) is 6.07 Å². The summed E-state index contributed by atoms with van der Waals surface area (Å²) in [7, 11) is -3.09. The van der Waals surface area contributed by atoms with Gasteiger partial charge in [0.15, 0.2) is 15.0 Å². The molecule has 4 rings (SSSR count). The summed E-state index contributed by atoms with van der Waals surface area (Å²) in [6.07, 6.45) is 0. The molecular formula is C20H20ClFN2O2S2. The molecule has 0 bridgehead atoms. The molecule has 1 saturated heterocycles. The van der Waals surface area contributed by atoms with Crippen molar-refractivity contribution in [2.24, 2.45) is 4.99 Å². The Morgan fingerprint density at radius 2 is 2.00 bits per heavy atom. The second-order valence-corrected chi connectivity index (χ2v) is 10.8. The molecule has 2 aliphatic rings. The van der Waals surface area contributed by atoms with E-state index in [9.17, 15) is 12.8 Å². The van der Waals surface area contributed by atoms with Gasteiger partial charge in [-0.2, -0.15) is 0 Å². The Bertz CT molecular complexity index is 1070. The van der Waals surface area contributed by atoms with Crippen molar-refractivity contribution in [2.75, 3.05) is 16.4 Å². The number of benzene rings is 2. The van der Waals surface area contributed by atoms with E-state index in [2.05, 4.69) is 11.0 Å². The van der Waals surface area contributed by atoms with Crippen LogP contribution in [0.4, 0.5) is 10.1 Å². The third-order valence-corrected chi connectivity index (χ3v) is 8.16. The minimum absolute atomic E-state index is 0.0838. The number of hydrogen-bond donors (Lipinski definition) is 0. The van der Waals surface area contributed by atoms with Crippen LogP contribution in [0.3, 0.4) is 0 Å². The SMILES string of the molecule is Cc1ccc(N2C(SCc3ccc(F)cc3Cl)=NC3CS(=O)(=O)CC32)c(C)c1. The molecule has 0 spiro atoms. The summed E-state index contributed by atoms with van der Waals surface area (Å²) >= 11 is 7.66. The van der Waals surface area contributed by atoms with Crippen LogP contribution >= 0.6 is 23.4 Å². The van der Waals surface area contributed by atoms with Crippen LogP contribution in [0.1, 0.15) is 16.7 Å². The van der Waals surface area contributed by atoms with Crippen molar-refractivity contribution in [3.05, 3.63) is 63.9 Å². The number of fused-ring (bicyclic) bond motifs is 1. The number of sulfone groups is 1. The van der Waals surface area contributed by atoms with Crippen LogP contribution in [0, 0.1) is 19.7 Å². The quantitative estimate of drug-likeness (QED) is 0.713. The molecule has 0 saturated carbocycles. The molecular weight excluding hydrogens is 419 g/mol. The van der Waals surface area contributed by atoms with Crippen molar-refractivity contribution in [1.29, 1.82) is 0 Å². The third kappa shape index (κ3) is 3.80. The van der Waals surface area contributed by atoms with Gasteiger partial charge in [0, 0.05) is 16.5 Å². The summed E-state index contributed by atoms with van der Waals surface area (Å²) in [5.74, 6) is 0.357. The number of amidine groups is 1. The molecule has 0 amide bonds. The Labute approximate surface area is 173 Å². The molecule has 0 radical (unpaired) electrons. The van der Waals surface area contributed by atoms with E-state index in [1.807, 2.05) is 26.0 Å². The predicted molar refractivity (Wildman–Crippen MR) is 115 cm³/mol. The van der Waals surface area contributed by atoms with Gasteiger partial charge in [-0.15, -0.1) is 0 Å². The number of aliphatic imine (C=N–C) groups is 1. The molecule has 2 heterocycles. The van der Waals surface area contributed by atoms with Crippen molar-refractivity contribution in [3.63, 3.8) is 0 Å². The number of halogens is 2. The van der Waals surface area contributed by atoms with Gasteiger partial charge in [0.1, 0.15) is 5.82 Å². The molecule has 28 heavy (non-hydrogen) atoms. The Kier molecular flexibility index (Phi) is 5.18. The molecule has 4 nitrogen and oxygen atoms in total. The summed E-state index contributed by atoms with van der Waals surface area (Å²) in [5.41, 5.74) is 4.03. The van der Waals surface area contributed by atoms with E-state index in [-0.39, 0.29) is 29.4 Å². The highest BCUT2D eigenvalue weighted by Gasteiger charge is 2.47. The van der Waals surface area contributed by atoms with Crippen molar-refractivity contribution in [3.8, 4) is 0 Å². The lowest BCUT2D eigenvalue weighted by Crippen LogP contribution is -2.39. The van der Waals surface area contributed by atoms with Crippen molar-refractivity contribution in [1.82, 2.24) is 0 Å². The van der Waals surface area contributed by atoms with Gasteiger partial charge in [-0.3, -0.25) is 4.99 Å². The van der Waals surface area contributed by atoms with Crippen molar-refractivity contribution >= 4 is 44.1 Å². The van der Waals surface area contributed by atoms with E-state index in [4.69, 9.17) is 16.6 Å². The molecule has 2 aliphatic heterocycles. The summed E-state index contributed by atoms with van der Waals surface area (Å²) in [4.78, 5) is 6.80. The first kappa shape index (κ1) is 19.7. The topological polar surface area (TPSA) is 49.7 Å². The molecule has 2 aromatic rings. The monoisotopic (exact) mass is 438 g/mol. The maximum atomic E-state index is 13.3. The Morgan fingerprint density at radius 1 is 1.21 bits per heavy atom. The van der Waals surface area contributed by atoms with Gasteiger partial charge >= 0.3 is 0 Å². The zero-order valence-electron chi connectivity index (χ0n) is 15.5. The minimum atomic E-state index is -3.09. The number of anilines is 1. The van der Waals surface area contributed by atoms with Crippen LogP contribution in [0.5, 0.6) is 0 Å². The van der Waals surface area contributed by atoms with E-state index in [0.29, 0.717) is 10.8 Å². The highest BCUT2D eigenvalue weighted by molar-refractivity contribution is 8.13. The van der Waals surface area contributed by atoms with Gasteiger partial charge < -0.3 is 4.90 Å². The number of aryl methyl sites for hydroxylation is 2. The standard InChI is InChI=1S/C20H20ClFN2O2S2/c1-12-3-6-18(13(2)7-12)24-19-11-28(25,26)10-17(19)23-20(24)27-9-14-4-5-15(22)8-16(14)21/h3-8,17,19H,9-11H2,1-2H3. The van der Waals surface area contributed by atoms with Gasteiger partial charge in [-0.25, -0.2) is 12.8 Å².